The Morgan fingerprint density at radius 1 is 1.00 bits per heavy atom. The van der Waals surface area contributed by atoms with Gasteiger partial charge in [0.15, 0.2) is 11.5 Å². The number of benzene rings is 2. The maximum atomic E-state index is 11.8. The zero-order valence-electron chi connectivity index (χ0n) is 15.0. The van der Waals surface area contributed by atoms with Crippen LogP contribution in [-0.4, -0.2) is 31.4 Å². The zero-order chi connectivity index (χ0) is 18.4. The third-order valence-corrected chi connectivity index (χ3v) is 3.84. The van der Waals surface area contributed by atoms with Crippen molar-refractivity contribution in [1.82, 2.24) is 0 Å². The fourth-order valence-electron chi connectivity index (χ4n) is 2.71. The Hall–Kier alpha value is -2.69. The number of hydrogen-bond donors (Lipinski definition) is 1. The lowest BCUT2D eigenvalue weighted by Gasteiger charge is -2.18. The van der Waals surface area contributed by atoms with Crippen molar-refractivity contribution in [2.75, 3.05) is 14.2 Å². The Bertz CT molecular complexity index is 724. The highest BCUT2D eigenvalue weighted by Gasteiger charge is 2.24. The molecule has 0 amide bonds. The summed E-state index contributed by atoms with van der Waals surface area (Å²) in [7, 11) is 3.12. The van der Waals surface area contributed by atoms with Crippen LogP contribution >= 0.6 is 0 Å². The summed E-state index contributed by atoms with van der Waals surface area (Å²) < 4.78 is 16.4. The molecular weight excluding hydrogens is 320 g/mol. The van der Waals surface area contributed by atoms with E-state index in [1.807, 2.05) is 38.1 Å². The monoisotopic (exact) mass is 344 g/mol. The van der Waals surface area contributed by atoms with Crippen LogP contribution in [0.15, 0.2) is 42.5 Å². The normalized spacial score (nSPS) is 11.9. The predicted molar refractivity (Wildman–Crippen MR) is 95.8 cm³/mol. The number of carboxylic acid groups (broad SMARTS) is 1. The van der Waals surface area contributed by atoms with Gasteiger partial charge in [-0.05, 0) is 44.0 Å². The minimum atomic E-state index is -0.897. The minimum Gasteiger partial charge on any atom is -0.496 e. The number of ether oxygens (including phenoxy) is 3. The van der Waals surface area contributed by atoms with E-state index < -0.39 is 11.9 Å². The molecule has 0 aliphatic carbocycles. The summed E-state index contributed by atoms with van der Waals surface area (Å²) in [6.45, 7) is 3.86. The highest BCUT2D eigenvalue weighted by molar-refractivity contribution is 5.77. The van der Waals surface area contributed by atoms with Gasteiger partial charge in [0.2, 0.25) is 0 Å². The molecule has 5 heteroatoms. The van der Waals surface area contributed by atoms with Gasteiger partial charge in [-0.3, -0.25) is 4.79 Å². The first kappa shape index (κ1) is 18.6. The van der Waals surface area contributed by atoms with E-state index in [2.05, 4.69) is 0 Å². The van der Waals surface area contributed by atoms with E-state index in [-0.39, 0.29) is 6.10 Å². The van der Waals surface area contributed by atoms with Crippen LogP contribution in [0.4, 0.5) is 0 Å². The first-order chi connectivity index (χ1) is 12.0. The number of rotatable bonds is 8. The largest absolute Gasteiger partial charge is 0.496 e. The quantitative estimate of drug-likeness (QED) is 0.787. The molecule has 0 radical (unpaired) electrons. The van der Waals surface area contributed by atoms with Gasteiger partial charge < -0.3 is 19.3 Å². The Labute approximate surface area is 148 Å². The summed E-state index contributed by atoms with van der Waals surface area (Å²) in [6.07, 6.45) is 0.322. The molecule has 25 heavy (non-hydrogen) atoms. The lowest BCUT2D eigenvalue weighted by atomic mass is 9.91. The molecule has 0 spiro atoms. The van der Waals surface area contributed by atoms with Gasteiger partial charge in [-0.15, -0.1) is 0 Å². The number of methoxy groups -OCH3 is 2. The highest BCUT2D eigenvalue weighted by atomic mass is 16.5. The van der Waals surface area contributed by atoms with E-state index in [0.717, 1.165) is 5.56 Å². The SMILES string of the molecule is COc1ccc(CC(C(=O)O)c2ccccc2OC)cc1OC(C)C. The molecule has 1 atom stereocenters. The van der Waals surface area contributed by atoms with Crippen molar-refractivity contribution in [3.63, 3.8) is 0 Å². The number of carbonyl (C=O) groups is 1. The van der Waals surface area contributed by atoms with Crippen molar-refractivity contribution in [2.24, 2.45) is 0 Å². The van der Waals surface area contributed by atoms with Crippen LogP contribution in [0.1, 0.15) is 30.9 Å². The average Bonchev–Trinajstić information content (AvgIpc) is 2.59. The summed E-state index contributed by atoms with van der Waals surface area (Å²) in [5.41, 5.74) is 1.51. The second kappa shape index (κ2) is 8.42. The molecule has 0 aliphatic rings. The fraction of sp³-hybridized carbons (Fsp3) is 0.350. The lowest BCUT2D eigenvalue weighted by molar-refractivity contribution is -0.138. The second-order valence-corrected chi connectivity index (χ2v) is 5.99. The molecule has 0 saturated heterocycles. The summed E-state index contributed by atoms with van der Waals surface area (Å²) >= 11 is 0. The first-order valence-electron chi connectivity index (χ1n) is 8.15. The van der Waals surface area contributed by atoms with Gasteiger partial charge in [0.1, 0.15) is 5.75 Å². The van der Waals surface area contributed by atoms with Crippen LogP contribution in [0.2, 0.25) is 0 Å². The van der Waals surface area contributed by atoms with E-state index in [4.69, 9.17) is 14.2 Å². The number of carboxylic acids is 1. The number of para-hydroxylation sites is 1. The van der Waals surface area contributed by atoms with Gasteiger partial charge in [-0.2, -0.15) is 0 Å². The summed E-state index contributed by atoms with van der Waals surface area (Å²) in [4.78, 5) is 11.8. The summed E-state index contributed by atoms with van der Waals surface area (Å²) in [5.74, 6) is 0.200. The van der Waals surface area contributed by atoms with Crippen LogP contribution in [0.5, 0.6) is 17.2 Å². The zero-order valence-corrected chi connectivity index (χ0v) is 15.0. The van der Waals surface area contributed by atoms with Crippen molar-refractivity contribution in [3.05, 3.63) is 53.6 Å². The molecule has 1 N–H and O–H groups in total. The molecule has 0 aliphatic heterocycles. The van der Waals surface area contributed by atoms with Crippen molar-refractivity contribution >= 4 is 5.97 Å². The molecule has 2 aromatic carbocycles. The molecule has 0 aromatic heterocycles. The molecular formula is C20H24O5. The molecule has 0 saturated carbocycles. The number of aliphatic carboxylic acids is 1. The van der Waals surface area contributed by atoms with Crippen LogP contribution in [0.3, 0.4) is 0 Å². The first-order valence-corrected chi connectivity index (χ1v) is 8.15. The number of hydrogen-bond acceptors (Lipinski definition) is 4. The van der Waals surface area contributed by atoms with Gasteiger partial charge in [0, 0.05) is 5.56 Å². The molecule has 1 unspecified atom stereocenters. The molecule has 2 aromatic rings. The molecule has 134 valence electrons. The summed E-state index contributed by atoms with van der Waals surface area (Å²) in [6, 6.07) is 12.7. The summed E-state index contributed by atoms with van der Waals surface area (Å²) in [5, 5.41) is 9.71. The third kappa shape index (κ3) is 4.66. The van der Waals surface area contributed by atoms with E-state index in [0.29, 0.717) is 29.2 Å². The van der Waals surface area contributed by atoms with Crippen molar-refractivity contribution in [2.45, 2.75) is 32.3 Å². The van der Waals surface area contributed by atoms with Gasteiger partial charge in [-0.1, -0.05) is 24.3 Å². The second-order valence-electron chi connectivity index (χ2n) is 5.99. The Morgan fingerprint density at radius 3 is 2.28 bits per heavy atom. The molecule has 5 nitrogen and oxygen atoms in total. The lowest BCUT2D eigenvalue weighted by Crippen LogP contribution is -2.15. The molecule has 0 bridgehead atoms. The maximum Gasteiger partial charge on any atom is 0.311 e. The maximum absolute atomic E-state index is 11.8. The van der Waals surface area contributed by atoms with Crippen LogP contribution in [0, 0.1) is 0 Å². The van der Waals surface area contributed by atoms with Crippen LogP contribution in [0.25, 0.3) is 0 Å². The third-order valence-electron chi connectivity index (χ3n) is 3.84. The molecule has 0 fully saturated rings. The molecule has 2 rings (SSSR count). The van der Waals surface area contributed by atoms with E-state index in [1.165, 1.54) is 0 Å². The van der Waals surface area contributed by atoms with E-state index in [1.54, 1.807) is 32.4 Å². The Balaban J connectivity index is 2.35. The van der Waals surface area contributed by atoms with Gasteiger partial charge in [0.05, 0.1) is 26.2 Å². The minimum absolute atomic E-state index is 0.00589. The predicted octanol–water partition coefficient (Wildman–Crippen LogP) is 3.90. The smallest absolute Gasteiger partial charge is 0.311 e. The highest BCUT2D eigenvalue weighted by Crippen LogP contribution is 2.33. The van der Waals surface area contributed by atoms with Gasteiger partial charge in [0.25, 0.3) is 0 Å². The average molecular weight is 344 g/mol. The Morgan fingerprint density at radius 2 is 1.68 bits per heavy atom. The van der Waals surface area contributed by atoms with Crippen molar-refractivity contribution in [1.29, 1.82) is 0 Å². The topological polar surface area (TPSA) is 65.0 Å². The van der Waals surface area contributed by atoms with Crippen LogP contribution in [-0.2, 0) is 11.2 Å². The van der Waals surface area contributed by atoms with Gasteiger partial charge >= 0.3 is 5.97 Å². The van der Waals surface area contributed by atoms with E-state index >= 15 is 0 Å². The fourth-order valence-corrected chi connectivity index (χ4v) is 2.71. The molecule has 0 heterocycles. The van der Waals surface area contributed by atoms with Crippen LogP contribution < -0.4 is 14.2 Å². The Kier molecular flexibility index (Phi) is 6.28. The van der Waals surface area contributed by atoms with Gasteiger partial charge in [-0.25, -0.2) is 0 Å². The van der Waals surface area contributed by atoms with E-state index in [9.17, 15) is 9.90 Å². The van der Waals surface area contributed by atoms with Crippen molar-refractivity contribution in [3.8, 4) is 17.2 Å². The standard InChI is InChI=1S/C20H24O5/c1-13(2)25-19-12-14(9-10-18(19)24-4)11-16(20(21)22)15-7-5-6-8-17(15)23-3/h5-10,12-13,16H,11H2,1-4H3,(H,21,22). The van der Waals surface area contributed by atoms with Crippen molar-refractivity contribution < 1.29 is 24.1 Å².